The summed E-state index contributed by atoms with van der Waals surface area (Å²) < 4.78 is 0.992. The highest BCUT2D eigenvalue weighted by atomic mass is 127. The van der Waals surface area contributed by atoms with Crippen LogP contribution in [0.3, 0.4) is 0 Å². The largest absolute Gasteiger partial charge is 0.351 e. The van der Waals surface area contributed by atoms with Gasteiger partial charge in [-0.15, -0.1) is 0 Å². The maximum absolute atomic E-state index is 12.1. The molecule has 0 fully saturated rings. The topological polar surface area (TPSA) is 29.1 Å². The number of hydrogen-bond acceptors (Lipinski definition) is 1. The Labute approximate surface area is 126 Å². The number of fused-ring (bicyclic) bond motifs is 1. The Bertz CT molecular complexity index is 624. The molecule has 0 aromatic heterocycles. The van der Waals surface area contributed by atoms with E-state index in [1.807, 2.05) is 24.3 Å². The molecule has 0 bridgehead atoms. The van der Waals surface area contributed by atoms with Gasteiger partial charge in [-0.2, -0.15) is 0 Å². The first kappa shape index (κ1) is 12.7. The van der Waals surface area contributed by atoms with Crippen LogP contribution >= 0.6 is 22.6 Å². The van der Waals surface area contributed by atoms with Crippen LogP contribution < -0.4 is 5.32 Å². The molecule has 3 rings (SSSR count). The Balaban J connectivity index is 1.63. The lowest BCUT2D eigenvalue weighted by molar-refractivity contribution is 0.0949. The zero-order valence-corrected chi connectivity index (χ0v) is 12.6. The van der Waals surface area contributed by atoms with Crippen LogP contribution in [0.5, 0.6) is 0 Å². The van der Waals surface area contributed by atoms with Gasteiger partial charge in [0.05, 0.1) is 5.56 Å². The van der Waals surface area contributed by atoms with E-state index in [-0.39, 0.29) is 5.91 Å². The second kappa shape index (κ2) is 5.33. The van der Waals surface area contributed by atoms with E-state index in [1.54, 1.807) is 0 Å². The van der Waals surface area contributed by atoms with Crippen LogP contribution in [-0.2, 0) is 6.42 Å². The zero-order valence-electron chi connectivity index (χ0n) is 10.4. The molecule has 2 nitrogen and oxygen atoms in total. The normalized spacial score (nSPS) is 16.4. The van der Waals surface area contributed by atoms with Crippen molar-refractivity contribution in [2.24, 2.45) is 0 Å². The molecule has 0 radical (unpaired) electrons. The zero-order chi connectivity index (χ0) is 13.2. The summed E-state index contributed by atoms with van der Waals surface area (Å²) in [5.74, 6) is 0.496. The Morgan fingerprint density at radius 1 is 1.16 bits per heavy atom. The second-order valence-corrected chi connectivity index (χ2v) is 5.95. The van der Waals surface area contributed by atoms with Gasteiger partial charge >= 0.3 is 0 Å². The molecule has 3 heteroatoms. The van der Waals surface area contributed by atoms with Gasteiger partial charge in [-0.3, -0.25) is 4.79 Å². The summed E-state index contributed by atoms with van der Waals surface area (Å²) in [7, 11) is 0. The van der Waals surface area contributed by atoms with Crippen molar-refractivity contribution in [3.63, 3.8) is 0 Å². The van der Waals surface area contributed by atoms with Crippen LogP contribution in [0.1, 0.15) is 27.4 Å². The summed E-state index contributed by atoms with van der Waals surface area (Å²) in [6.07, 6.45) is 1.07. The maximum atomic E-state index is 12.1. The molecule has 0 aliphatic heterocycles. The molecule has 0 heterocycles. The molecule has 1 aliphatic carbocycles. The lowest BCUT2D eigenvalue weighted by atomic mass is 9.77. The lowest BCUT2D eigenvalue weighted by Crippen LogP contribution is -2.33. The van der Waals surface area contributed by atoms with Crippen LogP contribution in [0, 0.1) is 3.57 Å². The maximum Gasteiger partial charge on any atom is 0.252 e. The van der Waals surface area contributed by atoms with Crippen LogP contribution in [0.4, 0.5) is 0 Å². The highest BCUT2D eigenvalue weighted by Crippen LogP contribution is 2.34. The van der Waals surface area contributed by atoms with Crippen molar-refractivity contribution in [1.82, 2.24) is 5.32 Å². The summed E-state index contributed by atoms with van der Waals surface area (Å²) in [5.41, 5.74) is 3.55. The molecule has 1 aliphatic rings. The van der Waals surface area contributed by atoms with Crippen molar-refractivity contribution in [2.75, 3.05) is 6.54 Å². The van der Waals surface area contributed by atoms with Gasteiger partial charge in [-0.1, -0.05) is 36.4 Å². The summed E-state index contributed by atoms with van der Waals surface area (Å²) >= 11 is 2.20. The van der Waals surface area contributed by atoms with Gasteiger partial charge in [0.1, 0.15) is 0 Å². The monoisotopic (exact) mass is 363 g/mol. The first-order valence-electron chi connectivity index (χ1n) is 6.36. The summed E-state index contributed by atoms with van der Waals surface area (Å²) in [4.78, 5) is 12.1. The van der Waals surface area contributed by atoms with Crippen molar-refractivity contribution in [3.8, 4) is 0 Å². The summed E-state index contributed by atoms with van der Waals surface area (Å²) in [5, 5.41) is 3.04. The summed E-state index contributed by atoms with van der Waals surface area (Å²) in [6.45, 7) is 0.723. The third-order valence-electron chi connectivity index (χ3n) is 3.59. The van der Waals surface area contributed by atoms with Gasteiger partial charge in [-0.25, -0.2) is 0 Å². The molecule has 1 unspecified atom stereocenters. The fourth-order valence-electron chi connectivity index (χ4n) is 2.50. The Morgan fingerprint density at radius 2 is 1.89 bits per heavy atom. The molecule has 2 aromatic rings. The minimum absolute atomic E-state index is 0.0226. The number of carbonyl (C=O) groups excluding carboxylic acids is 1. The van der Waals surface area contributed by atoms with Gasteiger partial charge in [0.2, 0.25) is 0 Å². The molecule has 19 heavy (non-hydrogen) atoms. The molecule has 1 atom stereocenters. The second-order valence-electron chi connectivity index (χ2n) is 4.79. The van der Waals surface area contributed by atoms with Crippen molar-refractivity contribution in [3.05, 3.63) is 68.8 Å². The van der Waals surface area contributed by atoms with Crippen molar-refractivity contribution in [2.45, 2.75) is 12.3 Å². The average Bonchev–Trinajstić information content (AvgIpc) is 2.40. The van der Waals surface area contributed by atoms with Gasteiger partial charge in [0.15, 0.2) is 0 Å². The van der Waals surface area contributed by atoms with Crippen molar-refractivity contribution < 1.29 is 4.79 Å². The average molecular weight is 363 g/mol. The molecule has 0 saturated heterocycles. The Hall–Kier alpha value is -1.36. The van der Waals surface area contributed by atoms with E-state index in [9.17, 15) is 4.79 Å². The van der Waals surface area contributed by atoms with Crippen LogP contribution in [0.15, 0.2) is 48.5 Å². The Morgan fingerprint density at radius 3 is 2.68 bits per heavy atom. The third kappa shape index (κ3) is 2.52. The van der Waals surface area contributed by atoms with E-state index in [0.717, 1.165) is 22.1 Å². The van der Waals surface area contributed by atoms with E-state index in [4.69, 9.17) is 0 Å². The predicted octanol–water partition coefficient (Wildman–Crippen LogP) is 3.36. The van der Waals surface area contributed by atoms with Gasteiger partial charge < -0.3 is 5.32 Å². The van der Waals surface area contributed by atoms with Crippen LogP contribution in [0.25, 0.3) is 0 Å². The third-order valence-corrected chi connectivity index (χ3v) is 4.53. The number of hydrogen-bond donors (Lipinski definition) is 1. The number of rotatable bonds is 3. The Kier molecular flexibility index (Phi) is 3.55. The molecule has 96 valence electrons. The quantitative estimate of drug-likeness (QED) is 0.833. The first-order valence-corrected chi connectivity index (χ1v) is 7.44. The van der Waals surface area contributed by atoms with E-state index < -0.39 is 0 Å². The fourth-order valence-corrected chi connectivity index (χ4v) is 3.13. The minimum atomic E-state index is 0.0226. The molecular weight excluding hydrogens is 349 g/mol. The smallest absolute Gasteiger partial charge is 0.252 e. The number of benzene rings is 2. The summed E-state index contributed by atoms with van der Waals surface area (Å²) in [6, 6.07) is 16.1. The molecular formula is C16H14INO. The van der Waals surface area contributed by atoms with Gasteiger partial charge in [0, 0.05) is 16.0 Å². The van der Waals surface area contributed by atoms with E-state index in [2.05, 4.69) is 52.2 Å². The fraction of sp³-hybridized carbons (Fsp3) is 0.188. The van der Waals surface area contributed by atoms with Crippen LogP contribution in [0.2, 0.25) is 0 Å². The SMILES string of the molecule is O=C(NCC1Cc2ccccc21)c1ccccc1I. The lowest BCUT2D eigenvalue weighted by Gasteiger charge is -2.30. The van der Waals surface area contributed by atoms with E-state index in [1.165, 1.54) is 11.1 Å². The molecule has 0 spiro atoms. The molecule has 0 saturated carbocycles. The van der Waals surface area contributed by atoms with E-state index >= 15 is 0 Å². The number of nitrogens with one attached hydrogen (secondary N) is 1. The van der Waals surface area contributed by atoms with Crippen LogP contribution in [-0.4, -0.2) is 12.5 Å². The number of amides is 1. The highest BCUT2D eigenvalue weighted by Gasteiger charge is 2.25. The van der Waals surface area contributed by atoms with Gasteiger partial charge in [0.25, 0.3) is 5.91 Å². The standard InChI is InChI=1S/C16H14INO/c17-15-8-4-3-7-14(15)16(19)18-10-12-9-11-5-1-2-6-13(11)12/h1-8,12H,9-10H2,(H,18,19). The highest BCUT2D eigenvalue weighted by molar-refractivity contribution is 14.1. The van der Waals surface area contributed by atoms with Crippen molar-refractivity contribution >= 4 is 28.5 Å². The molecule has 1 amide bonds. The van der Waals surface area contributed by atoms with E-state index in [0.29, 0.717) is 5.92 Å². The van der Waals surface area contributed by atoms with Crippen molar-refractivity contribution in [1.29, 1.82) is 0 Å². The van der Waals surface area contributed by atoms with Gasteiger partial charge in [-0.05, 0) is 52.3 Å². The first-order chi connectivity index (χ1) is 9.25. The minimum Gasteiger partial charge on any atom is -0.351 e. The number of halogens is 1. The molecule has 2 aromatic carbocycles. The predicted molar refractivity (Wildman–Crippen MR) is 84.4 cm³/mol. The molecule has 1 N–H and O–H groups in total. The number of carbonyl (C=O) groups is 1.